The molecule has 2 aromatic carbocycles. The van der Waals surface area contributed by atoms with Crippen LogP contribution in [0, 0.1) is 6.92 Å². The molecular weight excluding hydrogens is 346 g/mol. The molecule has 0 radical (unpaired) electrons. The first-order valence-corrected chi connectivity index (χ1v) is 8.57. The molecule has 1 heterocycles. The van der Waals surface area contributed by atoms with E-state index in [0.717, 1.165) is 16.9 Å². The number of aryl methyl sites for hydroxylation is 1. The Hall–Kier alpha value is -3.35. The van der Waals surface area contributed by atoms with E-state index in [4.69, 9.17) is 13.9 Å². The Morgan fingerprint density at radius 2 is 1.74 bits per heavy atom. The van der Waals surface area contributed by atoms with Crippen LogP contribution < -0.4 is 14.8 Å². The van der Waals surface area contributed by atoms with E-state index in [1.165, 1.54) is 0 Å². The van der Waals surface area contributed by atoms with Gasteiger partial charge in [-0.15, -0.1) is 10.2 Å². The number of benzene rings is 2. The maximum Gasteiger partial charge on any atom is 0.257 e. The molecule has 7 nitrogen and oxygen atoms in total. The van der Waals surface area contributed by atoms with Gasteiger partial charge >= 0.3 is 0 Å². The largest absolute Gasteiger partial charge is 0.497 e. The molecule has 0 fully saturated rings. The predicted molar refractivity (Wildman–Crippen MR) is 99.7 cm³/mol. The van der Waals surface area contributed by atoms with E-state index in [-0.39, 0.29) is 12.5 Å². The number of nitrogens with zero attached hydrogens (tertiary/aromatic N) is 2. The summed E-state index contributed by atoms with van der Waals surface area (Å²) in [5.41, 5.74) is 1.95. The van der Waals surface area contributed by atoms with E-state index < -0.39 is 0 Å². The van der Waals surface area contributed by atoms with Crippen molar-refractivity contribution in [2.24, 2.45) is 0 Å². The van der Waals surface area contributed by atoms with E-state index in [2.05, 4.69) is 15.5 Å². The minimum absolute atomic E-state index is 0.0377. The third-order valence-corrected chi connectivity index (χ3v) is 3.86. The van der Waals surface area contributed by atoms with Crippen LogP contribution in [0.5, 0.6) is 11.5 Å². The molecule has 0 atom stereocenters. The van der Waals surface area contributed by atoms with E-state index in [0.29, 0.717) is 30.5 Å². The van der Waals surface area contributed by atoms with E-state index in [9.17, 15) is 4.79 Å². The Morgan fingerprint density at radius 1 is 1.04 bits per heavy atom. The highest BCUT2D eigenvalue weighted by Crippen LogP contribution is 2.21. The van der Waals surface area contributed by atoms with Crippen molar-refractivity contribution < 1.29 is 18.7 Å². The summed E-state index contributed by atoms with van der Waals surface area (Å²) in [5.74, 6) is 2.11. The van der Waals surface area contributed by atoms with Gasteiger partial charge in [-0.2, -0.15) is 0 Å². The highest BCUT2D eigenvalue weighted by atomic mass is 16.5. The van der Waals surface area contributed by atoms with Crippen LogP contribution in [0.15, 0.2) is 52.9 Å². The van der Waals surface area contributed by atoms with Crippen LogP contribution in [-0.4, -0.2) is 36.4 Å². The molecule has 1 N–H and O–H groups in total. The van der Waals surface area contributed by atoms with Gasteiger partial charge in [-0.05, 0) is 43.3 Å². The van der Waals surface area contributed by atoms with Crippen LogP contribution in [0.25, 0.3) is 11.5 Å². The fourth-order valence-electron chi connectivity index (χ4n) is 2.35. The van der Waals surface area contributed by atoms with Crippen molar-refractivity contribution in [2.75, 3.05) is 20.3 Å². The molecule has 1 aromatic heterocycles. The molecule has 27 heavy (non-hydrogen) atoms. The minimum Gasteiger partial charge on any atom is -0.497 e. The van der Waals surface area contributed by atoms with Gasteiger partial charge < -0.3 is 19.2 Å². The molecule has 7 heteroatoms. The van der Waals surface area contributed by atoms with E-state index in [1.54, 1.807) is 7.11 Å². The molecule has 0 aliphatic carbocycles. The average Bonchev–Trinajstić information content (AvgIpc) is 3.16. The van der Waals surface area contributed by atoms with Gasteiger partial charge in [-0.1, -0.05) is 17.7 Å². The lowest BCUT2D eigenvalue weighted by Gasteiger charge is -2.06. The zero-order valence-electron chi connectivity index (χ0n) is 15.3. The molecule has 0 saturated carbocycles. The Labute approximate surface area is 157 Å². The van der Waals surface area contributed by atoms with Crippen LogP contribution >= 0.6 is 0 Å². The van der Waals surface area contributed by atoms with Crippen LogP contribution in [0.1, 0.15) is 11.5 Å². The van der Waals surface area contributed by atoms with E-state index in [1.807, 2.05) is 55.5 Å². The van der Waals surface area contributed by atoms with Gasteiger partial charge in [-0.3, -0.25) is 4.79 Å². The number of methoxy groups -OCH3 is 1. The van der Waals surface area contributed by atoms with Gasteiger partial charge in [0.25, 0.3) is 5.91 Å². The van der Waals surface area contributed by atoms with Crippen molar-refractivity contribution in [1.29, 1.82) is 0 Å². The van der Waals surface area contributed by atoms with Gasteiger partial charge in [0.2, 0.25) is 11.8 Å². The second-order valence-corrected chi connectivity index (χ2v) is 5.93. The lowest BCUT2D eigenvalue weighted by Crippen LogP contribution is -2.30. The monoisotopic (exact) mass is 367 g/mol. The summed E-state index contributed by atoms with van der Waals surface area (Å²) in [5, 5.41) is 10.8. The summed E-state index contributed by atoms with van der Waals surface area (Å²) in [7, 11) is 1.61. The molecule has 1 amide bonds. The second-order valence-electron chi connectivity index (χ2n) is 5.93. The molecule has 3 rings (SSSR count). The second kappa shape index (κ2) is 8.84. The molecule has 0 bridgehead atoms. The first kappa shape index (κ1) is 18.4. The Morgan fingerprint density at radius 3 is 2.44 bits per heavy atom. The van der Waals surface area contributed by atoms with Gasteiger partial charge in [0.15, 0.2) is 6.61 Å². The minimum atomic E-state index is -0.203. The van der Waals surface area contributed by atoms with Gasteiger partial charge in [0.05, 0.1) is 7.11 Å². The third kappa shape index (κ3) is 5.31. The highest BCUT2D eigenvalue weighted by molar-refractivity contribution is 5.77. The molecule has 140 valence electrons. The number of nitrogens with one attached hydrogen (secondary N) is 1. The maximum absolute atomic E-state index is 11.8. The lowest BCUT2D eigenvalue weighted by atomic mass is 10.2. The fraction of sp³-hybridized carbons (Fsp3) is 0.250. The maximum atomic E-state index is 11.8. The third-order valence-electron chi connectivity index (χ3n) is 3.86. The highest BCUT2D eigenvalue weighted by Gasteiger charge is 2.09. The number of carbonyl (C=O) groups is 1. The molecule has 0 unspecified atom stereocenters. The van der Waals surface area contributed by atoms with Crippen LogP contribution in [0.3, 0.4) is 0 Å². The Balaban J connectivity index is 1.43. The number of carbonyl (C=O) groups excluding carboxylic acids is 1. The SMILES string of the molecule is COc1ccc(-c2nnc(CCNC(=O)COc3ccc(C)cc3)o2)cc1. The van der Waals surface area contributed by atoms with Crippen molar-refractivity contribution in [3.05, 3.63) is 60.0 Å². The Kier molecular flexibility index (Phi) is 6.04. The summed E-state index contributed by atoms with van der Waals surface area (Å²) in [6, 6.07) is 14.9. The summed E-state index contributed by atoms with van der Waals surface area (Å²) < 4.78 is 16.2. The first-order chi connectivity index (χ1) is 13.1. The zero-order valence-corrected chi connectivity index (χ0v) is 15.3. The predicted octanol–water partition coefficient (Wildman–Crippen LogP) is 2.79. The van der Waals surface area contributed by atoms with Gasteiger partial charge in [0.1, 0.15) is 11.5 Å². The number of aromatic nitrogens is 2. The Bertz CT molecular complexity index is 873. The van der Waals surface area contributed by atoms with Crippen molar-refractivity contribution >= 4 is 5.91 Å². The van der Waals surface area contributed by atoms with Crippen LogP contribution in [-0.2, 0) is 11.2 Å². The zero-order chi connectivity index (χ0) is 19.1. The first-order valence-electron chi connectivity index (χ1n) is 8.57. The number of hydrogen-bond acceptors (Lipinski definition) is 6. The molecule has 0 aliphatic heterocycles. The van der Waals surface area contributed by atoms with Crippen molar-refractivity contribution in [3.8, 4) is 23.0 Å². The molecule has 0 saturated heterocycles. The fourth-order valence-corrected chi connectivity index (χ4v) is 2.35. The summed E-state index contributed by atoms with van der Waals surface area (Å²) in [4.78, 5) is 11.8. The summed E-state index contributed by atoms with van der Waals surface area (Å²) >= 11 is 0. The van der Waals surface area contributed by atoms with E-state index >= 15 is 0 Å². The smallest absolute Gasteiger partial charge is 0.257 e. The lowest BCUT2D eigenvalue weighted by molar-refractivity contribution is -0.123. The topological polar surface area (TPSA) is 86.5 Å². The van der Waals surface area contributed by atoms with Crippen molar-refractivity contribution in [2.45, 2.75) is 13.3 Å². The molecular formula is C20H21N3O4. The molecule has 3 aromatic rings. The van der Waals surface area contributed by atoms with Gasteiger partial charge in [0, 0.05) is 18.5 Å². The standard InChI is InChI=1S/C20H21N3O4/c1-14-3-7-17(8-4-14)26-13-18(24)21-12-11-19-22-23-20(27-19)15-5-9-16(25-2)10-6-15/h3-10H,11-13H2,1-2H3,(H,21,24). The van der Waals surface area contributed by atoms with Crippen molar-refractivity contribution in [3.63, 3.8) is 0 Å². The molecule has 0 spiro atoms. The van der Waals surface area contributed by atoms with Gasteiger partial charge in [-0.25, -0.2) is 0 Å². The number of amides is 1. The number of ether oxygens (including phenoxy) is 2. The quantitative estimate of drug-likeness (QED) is 0.659. The van der Waals surface area contributed by atoms with Crippen molar-refractivity contribution in [1.82, 2.24) is 15.5 Å². The normalized spacial score (nSPS) is 10.4. The summed E-state index contributed by atoms with van der Waals surface area (Å²) in [6.07, 6.45) is 0.444. The average molecular weight is 367 g/mol. The molecule has 0 aliphatic rings. The number of rotatable bonds is 8. The van der Waals surface area contributed by atoms with Crippen LogP contribution in [0.2, 0.25) is 0 Å². The van der Waals surface area contributed by atoms with Crippen LogP contribution in [0.4, 0.5) is 0 Å². The number of hydrogen-bond donors (Lipinski definition) is 1. The summed E-state index contributed by atoms with van der Waals surface area (Å²) in [6.45, 7) is 2.35.